The van der Waals surface area contributed by atoms with Crippen LogP contribution in [-0.4, -0.2) is 6.54 Å². The molecule has 0 saturated carbocycles. The fraction of sp³-hybridized carbons (Fsp3) is 0.300. The van der Waals surface area contributed by atoms with Crippen LogP contribution in [0.5, 0.6) is 0 Å². The van der Waals surface area contributed by atoms with Gasteiger partial charge in [-0.15, -0.1) is 0 Å². The smallest absolute Gasteiger partial charge is 0.0281 e. The Labute approximate surface area is 127 Å². The number of allylic oxidation sites excluding steroid dienone is 1. The third-order valence-corrected chi connectivity index (χ3v) is 4.21. The summed E-state index contributed by atoms with van der Waals surface area (Å²) in [5.41, 5.74) is 5.64. The fourth-order valence-corrected chi connectivity index (χ4v) is 3.04. The van der Waals surface area contributed by atoms with Gasteiger partial charge in [-0.05, 0) is 35.2 Å². The second-order valence-corrected chi connectivity index (χ2v) is 5.69. The molecule has 1 N–H and O–H groups in total. The Hall–Kier alpha value is -1.86. The van der Waals surface area contributed by atoms with Gasteiger partial charge in [0.1, 0.15) is 0 Å². The first kappa shape index (κ1) is 14.1. The number of hydrogen-bond acceptors (Lipinski definition) is 1. The number of nitrogens with one attached hydrogen (secondary N) is 1. The van der Waals surface area contributed by atoms with Crippen LogP contribution in [0.4, 0.5) is 0 Å². The minimum atomic E-state index is 0.408. The summed E-state index contributed by atoms with van der Waals surface area (Å²) in [5.74, 6) is 0.408. The Morgan fingerprint density at radius 1 is 0.952 bits per heavy atom. The standard InChI is InChI=1S/C20H23N/c1-2-3-14-21-15-17-9-5-7-11-19(17)20-13-12-16-8-4-6-10-18(16)20/h4-13,20-21H,2-3,14-15H2,1H3. The van der Waals surface area contributed by atoms with E-state index in [1.54, 1.807) is 0 Å². The van der Waals surface area contributed by atoms with Crippen molar-refractivity contribution in [2.75, 3.05) is 6.54 Å². The summed E-state index contributed by atoms with van der Waals surface area (Å²) in [6.45, 7) is 4.29. The lowest BCUT2D eigenvalue weighted by Crippen LogP contribution is -2.16. The van der Waals surface area contributed by atoms with Gasteiger partial charge in [0.2, 0.25) is 0 Å². The Bertz CT molecular complexity index is 627. The Morgan fingerprint density at radius 3 is 2.57 bits per heavy atom. The van der Waals surface area contributed by atoms with Gasteiger partial charge >= 0.3 is 0 Å². The van der Waals surface area contributed by atoms with Gasteiger partial charge < -0.3 is 5.32 Å². The second kappa shape index (κ2) is 6.73. The largest absolute Gasteiger partial charge is 0.313 e. The zero-order valence-electron chi connectivity index (χ0n) is 12.7. The van der Waals surface area contributed by atoms with Crippen molar-refractivity contribution >= 4 is 6.08 Å². The minimum Gasteiger partial charge on any atom is -0.313 e. The average Bonchev–Trinajstić information content (AvgIpc) is 2.96. The van der Waals surface area contributed by atoms with E-state index in [0.29, 0.717) is 5.92 Å². The van der Waals surface area contributed by atoms with Crippen LogP contribution in [0.25, 0.3) is 6.08 Å². The highest BCUT2D eigenvalue weighted by molar-refractivity contribution is 5.65. The number of hydrogen-bond donors (Lipinski definition) is 1. The molecule has 0 bridgehead atoms. The summed E-state index contributed by atoms with van der Waals surface area (Å²) < 4.78 is 0. The highest BCUT2D eigenvalue weighted by atomic mass is 14.8. The summed E-state index contributed by atoms with van der Waals surface area (Å²) in [6, 6.07) is 17.5. The molecule has 0 heterocycles. The van der Waals surface area contributed by atoms with Crippen molar-refractivity contribution in [3.63, 3.8) is 0 Å². The van der Waals surface area contributed by atoms with E-state index in [2.05, 4.69) is 72.9 Å². The molecule has 0 saturated heterocycles. The minimum absolute atomic E-state index is 0.408. The quantitative estimate of drug-likeness (QED) is 0.752. The van der Waals surface area contributed by atoms with Crippen molar-refractivity contribution in [3.05, 3.63) is 76.9 Å². The van der Waals surface area contributed by atoms with Crippen LogP contribution in [0.3, 0.4) is 0 Å². The lowest BCUT2D eigenvalue weighted by Gasteiger charge is -2.16. The molecule has 0 aliphatic heterocycles. The number of rotatable bonds is 6. The molecular formula is C20H23N. The van der Waals surface area contributed by atoms with E-state index in [1.807, 2.05) is 0 Å². The zero-order valence-corrected chi connectivity index (χ0v) is 12.7. The third kappa shape index (κ3) is 3.08. The monoisotopic (exact) mass is 277 g/mol. The van der Waals surface area contributed by atoms with Crippen molar-refractivity contribution in [1.29, 1.82) is 0 Å². The first-order valence-electron chi connectivity index (χ1n) is 7.96. The maximum absolute atomic E-state index is 3.57. The molecule has 2 aromatic carbocycles. The Balaban J connectivity index is 1.82. The van der Waals surface area contributed by atoms with E-state index >= 15 is 0 Å². The van der Waals surface area contributed by atoms with E-state index in [0.717, 1.165) is 13.1 Å². The molecule has 0 aromatic heterocycles. The summed E-state index contributed by atoms with van der Waals surface area (Å²) in [4.78, 5) is 0. The average molecular weight is 277 g/mol. The predicted octanol–water partition coefficient (Wildman–Crippen LogP) is 4.74. The third-order valence-electron chi connectivity index (χ3n) is 4.21. The molecule has 0 fully saturated rings. The normalized spacial score (nSPS) is 16.1. The summed E-state index contributed by atoms with van der Waals surface area (Å²) >= 11 is 0. The van der Waals surface area contributed by atoms with E-state index < -0.39 is 0 Å². The van der Waals surface area contributed by atoms with Gasteiger partial charge in [0.15, 0.2) is 0 Å². The van der Waals surface area contributed by atoms with E-state index in [-0.39, 0.29) is 0 Å². The fourth-order valence-electron chi connectivity index (χ4n) is 3.04. The van der Waals surface area contributed by atoms with Crippen LogP contribution < -0.4 is 5.32 Å². The van der Waals surface area contributed by atoms with Crippen molar-refractivity contribution in [3.8, 4) is 0 Å². The molecule has 1 atom stereocenters. The predicted molar refractivity (Wildman–Crippen MR) is 90.4 cm³/mol. The summed E-state index contributed by atoms with van der Waals surface area (Å²) in [7, 11) is 0. The summed E-state index contributed by atoms with van der Waals surface area (Å²) in [6.07, 6.45) is 7.07. The first-order chi connectivity index (χ1) is 10.4. The molecule has 2 aromatic rings. The lowest BCUT2D eigenvalue weighted by atomic mass is 9.89. The maximum Gasteiger partial charge on any atom is 0.0281 e. The van der Waals surface area contributed by atoms with Gasteiger partial charge in [0.25, 0.3) is 0 Å². The van der Waals surface area contributed by atoms with E-state index in [1.165, 1.54) is 35.1 Å². The zero-order chi connectivity index (χ0) is 14.5. The Kier molecular flexibility index (Phi) is 4.52. The van der Waals surface area contributed by atoms with Crippen molar-refractivity contribution in [2.45, 2.75) is 32.2 Å². The van der Waals surface area contributed by atoms with Crippen LogP contribution in [0.1, 0.15) is 47.9 Å². The molecule has 3 rings (SSSR count). The van der Waals surface area contributed by atoms with Gasteiger partial charge in [-0.2, -0.15) is 0 Å². The van der Waals surface area contributed by atoms with Gasteiger partial charge in [0, 0.05) is 12.5 Å². The molecule has 1 aliphatic carbocycles. The second-order valence-electron chi connectivity index (χ2n) is 5.69. The van der Waals surface area contributed by atoms with Crippen LogP contribution in [-0.2, 0) is 6.54 Å². The molecule has 1 heteroatoms. The molecule has 108 valence electrons. The van der Waals surface area contributed by atoms with Gasteiger partial charge in [0.05, 0.1) is 0 Å². The first-order valence-corrected chi connectivity index (χ1v) is 7.96. The topological polar surface area (TPSA) is 12.0 Å². The highest BCUT2D eigenvalue weighted by Crippen LogP contribution is 2.36. The SMILES string of the molecule is CCCCNCc1ccccc1C1C=Cc2ccccc21. The van der Waals surface area contributed by atoms with Crippen molar-refractivity contribution in [1.82, 2.24) is 5.32 Å². The van der Waals surface area contributed by atoms with Crippen LogP contribution in [0.2, 0.25) is 0 Å². The molecule has 1 unspecified atom stereocenters. The van der Waals surface area contributed by atoms with E-state index in [9.17, 15) is 0 Å². The van der Waals surface area contributed by atoms with Gasteiger partial charge in [-0.1, -0.05) is 74.0 Å². The van der Waals surface area contributed by atoms with Crippen molar-refractivity contribution < 1.29 is 0 Å². The Morgan fingerprint density at radius 2 is 1.71 bits per heavy atom. The molecule has 0 amide bonds. The highest BCUT2D eigenvalue weighted by Gasteiger charge is 2.20. The van der Waals surface area contributed by atoms with E-state index in [4.69, 9.17) is 0 Å². The number of fused-ring (bicyclic) bond motifs is 1. The lowest BCUT2D eigenvalue weighted by molar-refractivity contribution is 0.638. The molecule has 0 radical (unpaired) electrons. The molecule has 1 aliphatic rings. The van der Waals surface area contributed by atoms with Gasteiger partial charge in [-0.25, -0.2) is 0 Å². The summed E-state index contributed by atoms with van der Waals surface area (Å²) in [5, 5.41) is 3.57. The molecule has 1 nitrogen and oxygen atoms in total. The number of unbranched alkanes of at least 4 members (excludes halogenated alkanes) is 1. The van der Waals surface area contributed by atoms with Crippen molar-refractivity contribution in [2.24, 2.45) is 0 Å². The maximum atomic E-state index is 3.57. The molecule has 21 heavy (non-hydrogen) atoms. The van der Waals surface area contributed by atoms with Crippen LogP contribution in [0.15, 0.2) is 54.6 Å². The van der Waals surface area contributed by atoms with Crippen LogP contribution >= 0.6 is 0 Å². The number of benzene rings is 2. The molecular weight excluding hydrogens is 254 g/mol. The van der Waals surface area contributed by atoms with Gasteiger partial charge in [-0.3, -0.25) is 0 Å². The van der Waals surface area contributed by atoms with Crippen LogP contribution in [0, 0.1) is 0 Å². The molecule has 0 spiro atoms.